The van der Waals surface area contributed by atoms with Crippen LogP contribution in [0.3, 0.4) is 0 Å². The predicted molar refractivity (Wildman–Crippen MR) is 84.0 cm³/mol. The quantitative estimate of drug-likeness (QED) is 0.907. The summed E-state index contributed by atoms with van der Waals surface area (Å²) in [6, 6.07) is 8.94. The van der Waals surface area contributed by atoms with Gasteiger partial charge in [0.15, 0.2) is 0 Å². The number of hydrogen-bond donors (Lipinski definition) is 1. The molecule has 0 radical (unpaired) electrons. The van der Waals surface area contributed by atoms with Crippen molar-refractivity contribution in [2.24, 2.45) is 0 Å². The van der Waals surface area contributed by atoms with Crippen LogP contribution < -0.4 is 5.32 Å². The maximum atomic E-state index is 12.6. The summed E-state index contributed by atoms with van der Waals surface area (Å²) < 4.78 is 0. The molecule has 1 aromatic rings. The summed E-state index contributed by atoms with van der Waals surface area (Å²) in [6.45, 7) is 5.21. The van der Waals surface area contributed by atoms with E-state index in [1.165, 1.54) is 11.1 Å². The highest BCUT2D eigenvalue weighted by Crippen LogP contribution is 2.33. The average Bonchev–Trinajstić information content (AvgIpc) is 3.08. The Hall–Kier alpha value is -1.000. The maximum absolute atomic E-state index is 12.6. The topological polar surface area (TPSA) is 32.3 Å². The molecule has 3 atom stereocenters. The van der Waals surface area contributed by atoms with Crippen LogP contribution in [0.25, 0.3) is 0 Å². The van der Waals surface area contributed by atoms with Crippen LogP contribution in [0, 0.1) is 6.92 Å². The number of hydrogen-bond acceptors (Lipinski definition) is 3. The van der Waals surface area contributed by atoms with Crippen LogP contribution in [-0.2, 0) is 4.79 Å². The number of benzene rings is 1. The zero-order chi connectivity index (χ0) is 14.1. The van der Waals surface area contributed by atoms with E-state index in [4.69, 9.17) is 0 Å². The molecule has 0 saturated carbocycles. The number of rotatable bonds is 2. The van der Waals surface area contributed by atoms with Gasteiger partial charge in [-0.3, -0.25) is 10.1 Å². The van der Waals surface area contributed by atoms with Gasteiger partial charge in [0.25, 0.3) is 0 Å². The van der Waals surface area contributed by atoms with E-state index in [1.807, 2.05) is 11.8 Å². The lowest BCUT2D eigenvalue weighted by molar-refractivity contribution is -0.133. The van der Waals surface area contributed by atoms with Crippen molar-refractivity contribution < 1.29 is 4.79 Å². The minimum atomic E-state index is 0.0260. The van der Waals surface area contributed by atoms with Crippen molar-refractivity contribution in [1.82, 2.24) is 10.2 Å². The first kappa shape index (κ1) is 14.0. The SMILES string of the molecule is Cc1ccccc1[C@@H]1C[C@H](C)N(C(=O)[C@@H]2CSCN2)C1. The van der Waals surface area contributed by atoms with E-state index >= 15 is 0 Å². The molecule has 1 N–H and O–H groups in total. The third-order valence-corrected chi connectivity index (χ3v) is 5.44. The van der Waals surface area contributed by atoms with Crippen LogP contribution in [0.5, 0.6) is 0 Å². The first-order valence-corrected chi connectivity index (χ1v) is 8.49. The van der Waals surface area contributed by atoms with Crippen LogP contribution in [0.15, 0.2) is 24.3 Å². The second-order valence-corrected chi connectivity index (χ2v) is 6.93. The number of likely N-dealkylation sites (tertiary alicyclic amines) is 1. The van der Waals surface area contributed by atoms with Crippen molar-refractivity contribution in [2.45, 2.75) is 38.3 Å². The Morgan fingerprint density at radius 3 is 2.90 bits per heavy atom. The molecule has 2 fully saturated rings. The van der Waals surface area contributed by atoms with E-state index < -0.39 is 0 Å². The normalized spacial score (nSPS) is 29.9. The van der Waals surface area contributed by atoms with Crippen molar-refractivity contribution in [3.63, 3.8) is 0 Å². The molecule has 0 spiro atoms. The van der Waals surface area contributed by atoms with Gasteiger partial charge in [0.1, 0.15) is 0 Å². The molecule has 2 heterocycles. The van der Waals surface area contributed by atoms with E-state index in [2.05, 4.69) is 48.3 Å². The Balaban J connectivity index is 1.73. The molecule has 2 aliphatic heterocycles. The molecule has 0 aliphatic carbocycles. The fourth-order valence-electron chi connectivity index (χ4n) is 3.36. The van der Waals surface area contributed by atoms with Gasteiger partial charge in [0, 0.05) is 30.1 Å². The van der Waals surface area contributed by atoms with Crippen molar-refractivity contribution in [1.29, 1.82) is 0 Å². The zero-order valence-corrected chi connectivity index (χ0v) is 13.0. The maximum Gasteiger partial charge on any atom is 0.240 e. The minimum absolute atomic E-state index is 0.0260. The Morgan fingerprint density at radius 1 is 1.40 bits per heavy atom. The van der Waals surface area contributed by atoms with Gasteiger partial charge in [-0.15, -0.1) is 11.8 Å². The number of thioether (sulfide) groups is 1. The highest BCUT2D eigenvalue weighted by Gasteiger charge is 2.37. The Labute approximate surface area is 125 Å². The summed E-state index contributed by atoms with van der Waals surface area (Å²) in [5.74, 6) is 2.60. The van der Waals surface area contributed by atoms with E-state index in [0.29, 0.717) is 17.9 Å². The van der Waals surface area contributed by atoms with Gasteiger partial charge in [-0.1, -0.05) is 24.3 Å². The highest BCUT2D eigenvalue weighted by molar-refractivity contribution is 7.99. The molecule has 0 aromatic heterocycles. The molecule has 2 aliphatic rings. The summed E-state index contributed by atoms with van der Waals surface area (Å²) >= 11 is 1.81. The molecule has 3 nitrogen and oxygen atoms in total. The van der Waals surface area contributed by atoms with Gasteiger partial charge in [0.2, 0.25) is 5.91 Å². The second kappa shape index (κ2) is 5.78. The lowest BCUT2D eigenvalue weighted by Gasteiger charge is -2.24. The van der Waals surface area contributed by atoms with Gasteiger partial charge in [0.05, 0.1) is 6.04 Å². The number of carbonyl (C=O) groups excluding carboxylic acids is 1. The first-order chi connectivity index (χ1) is 9.66. The zero-order valence-electron chi connectivity index (χ0n) is 12.1. The Bertz CT molecular complexity index is 499. The molecular formula is C16H22N2OS. The molecule has 20 heavy (non-hydrogen) atoms. The van der Waals surface area contributed by atoms with Gasteiger partial charge in [-0.05, 0) is 31.4 Å². The molecule has 0 bridgehead atoms. The molecule has 1 aromatic carbocycles. The Kier molecular flexibility index (Phi) is 4.03. The molecular weight excluding hydrogens is 268 g/mol. The lowest BCUT2D eigenvalue weighted by atomic mass is 9.93. The van der Waals surface area contributed by atoms with Crippen LogP contribution in [0.4, 0.5) is 0 Å². The minimum Gasteiger partial charge on any atom is -0.338 e. The average molecular weight is 290 g/mol. The molecule has 3 rings (SSSR count). The number of amides is 1. The largest absolute Gasteiger partial charge is 0.338 e. The number of carbonyl (C=O) groups is 1. The number of nitrogens with zero attached hydrogens (tertiary/aromatic N) is 1. The Morgan fingerprint density at radius 2 is 2.20 bits per heavy atom. The smallest absolute Gasteiger partial charge is 0.240 e. The standard InChI is InChI=1S/C16H22N2OS/c1-11-5-3-4-6-14(11)13-7-12(2)18(8-13)16(19)15-9-20-10-17-15/h3-6,12-13,15,17H,7-10H2,1-2H3/t12-,13+,15-/m0/s1. The fraction of sp³-hybridized carbons (Fsp3) is 0.562. The summed E-state index contributed by atoms with van der Waals surface area (Å²) in [5.41, 5.74) is 2.75. The summed E-state index contributed by atoms with van der Waals surface area (Å²) in [6.07, 6.45) is 1.08. The second-order valence-electron chi connectivity index (χ2n) is 5.90. The van der Waals surface area contributed by atoms with Gasteiger partial charge >= 0.3 is 0 Å². The number of aryl methyl sites for hydroxylation is 1. The fourth-order valence-corrected chi connectivity index (χ4v) is 4.30. The van der Waals surface area contributed by atoms with Crippen LogP contribution in [0.2, 0.25) is 0 Å². The molecule has 4 heteroatoms. The highest BCUT2D eigenvalue weighted by atomic mass is 32.2. The van der Waals surface area contributed by atoms with Crippen LogP contribution in [0.1, 0.15) is 30.4 Å². The summed E-state index contributed by atoms with van der Waals surface area (Å²) in [7, 11) is 0. The van der Waals surface area contributed by atoms with Crippen molar-refractivity contribution in [3.05, 3.63) is 35.4 Å². The van der Waals surface area contributed by atoms with E-state index in [-0.39, 0.29) is 6.04 Å². The van der Waals surface area contributed by atoms with E-state index in [9.17, 15) is 4.79 Å². The summed E-state index contributed by atoms with van der Waals surface area (Å²) in [5, 5.41) is 3.29. The first-order valence-electron chi connectivity index (χ1n) is 7.34. The van der Waals surface area contributed by atoms with Crippen molar-refractivity contribution in [2.75, 3.05) is 18.2 Å². The monoisotopic (exact) mass is 290 g/mol. The van der Waals surface area contributed by atoms with Crippen molar-refractivity contribution >= 4 is 17.7 Å². The van der Waals surface area contributed by atoms with Gasteiger partial charge in [-0.2, -0.15) is 0 Å². The third-order valence-electron chi connectivity index (χ3n) is 4.50. The van der Waals surface area contributed by atoms with Crippen LogP contribution >= 0.6 is 11.8 Å². The number of nitrogens with one attached hydrogen (secondary N) is 1. The van der Waals surface area contributed by atoms with E-state index in [0.717, 1.165) is 24.6 Å². The van der Waals surface area contributed by atoms with Gasteiger partial charge < -0.3 is 4.90 Å². The molecule has 2 saturated heterocycles. The van der Waals surface area contributed by atoms with E-state index in [1.54, 1.807) is 0 Å². The molecule has 0 unspecified atom stereocenters. The van der Waals surface area contributed by atoms with Gasteiger partial charge in [-0.25, -0.2) is 0 Å². The summed E-state index contributed by atoms with van der Waals surface area (Å²) in [4.78, 5) is 14.7. The van der Waals surface area contributed by atoms with Crippen LogP contribution in [-0.4, -0.2) is 41.1 Å². The van der Waals surface area contributed by atoms with Crippen molar-refractivity contribution in [3.8, 4) is 0 Å². The molecule has 108 valence electrons. The predicted octanol–water partition coefficient (Wildman–Crippen LogP) is 2.36. The lowest BCUT2D eigenvalue weighted by Crippen LogP contribution is -2.46. The third kappa shape index (κ3) is 2.59. The molecule has 1 amide bonds.